The van der Waals surface area contributed by atoms with E-state index in [4.69, 9.17) is 9.47 Å². The van der Waals surface area contributed by atoms with E-state index in [2.05, 4.69) is 4.98 Å². The first kappa shape index (κ1) is 28.4. The first-order valence-electron chi connectivity index (χ1n) is 12.2. The van der Waals surface area contributed by atoms with Gasteiger partial charge >= 0.3 is 12.1 Å². The topological polar surface area (TPSA) is 70.4 Å². The molecule has 0 aliphatic carbocycles. The summed E-state index contributed by atoms with van der Waals surface area (Å²) < 4.78 is 95.6. The van der Waals surface area contributed by atoms with Gasteiger partial charge in [0.2, 0.25) is 0 Å². The fourth-order valence-corrected chi connectivity index (χ4v) is 4.22. The van der Waals surface area contributed by atoms with Crippen LogP contribution in [0.4, 0.5) is 26.3 Å². The number of aromatic nitrogens is 2. The maximum Gasteiger partial charge on any atom is 0.420 e. The normalized spacial score (nSPS) is 11.5. The van der Waals surface area contributed by atoms with Gasteiger partial charge in [-0.05, 0) is 35.9 Å². The van der Waals surface area contributed by atoms with Crippen molar-refractivity contribution in [3.63, 3.8) is 0 Å². The molecule has 0 radical (unpaired) electrons. The number of hydrogen-bond donors (Lipinski definition) is 0. The zero-order chi connectivity index (χ0) is 30.0. The molecule has 1 aromatic heterocycles. The lowest BCUT2D eigenvalue weighted by Gasteiger charge is -2.18. The van der Waals surface area contributed by atoms with Crippen LogP contribution in [0.3, 0.4) is 0 Å². The summed E-state index contributed by atoms with van der Waals surface area (Å²) in [6, 6.07) is 16.0. The molecule has 0 aliphatic rings. The number of fused-ring (bicyclic) bond motifs is 1. The number of alkyl halides is 3. The second-order valence-electron chi connectivity index (χ2n) is 9.05. The highest BCUT2D eigenvalue weighted by molar-refractivity contribution is 5.93. The molecule has 6 nitrogen and oxygen atoms in total. The monoisotopic (exact) mass is 584 g/mol. The zero-order valence-electron chi connectivity index (χ0n) is 21.3. The Morgan fingerprint density at radius 2 is 1.60 bits per heavy atom. The maximum atomic E-state index is 14.2. The predicted molar refractivity (Wildman–Crippen MR) is 139 cm³/mol. The molecule has 0 unspecified atom stereocenters. The fraction of sp³-hybridized carbons (Fsp3) is 0.100. The first-order valence-corrected chi connectivity index (χ1v) is 12.2. The number of rotatable bonds is 7. The van der Waals surface area contributed by atoms with Crippen molar-refractivity contribution in [2.24, 2.45) is 0 Å². The lowest BCUT2D eigenvalue weighted by Crippen LogP contribution is -2.15. The average molecular weight is 584 g/mol. The summed E-state index contributed by atoms with van der Waals surface area (Å²) in [7, 11) is 0. The molecule has 4 aromatic carbocycles. The summed E-state index contributed by atoms with van der Waals surface area (Å²) in [5.74, 6) is -5.60. The van der Waals surface area contributed by atoms with Crippen LogP contribution in [0.1, 0.15) is 27.0 Å². The zero-order valence-corrected chi connectivity index (χ0v) is 21.3. The Balaban J connectivity index is 1.51. The molecule has 214 valence electrons. The smallest absolute Gasteiger partial charge is 0.420 e. The van der Waals surface area contributed by atoms with E-state index >= 15 is 0 Å². The lowest BCUT2D eigenvalue weighted by molar-refractivity contribution is -0.138. The molecule has 42 heavy (non-hydrogen) atoms. The Labute approximate surface area is 233 Å². The van der Waals surface area contributed by atoms with Crippen molar-refractivity contribution in [3.05, 3.63) is 135 Å². The molecule has 0 N–H and O–H groups in total. The van der Waals surface area contributed by atoms with Gasteiger partial charge in [0.1, 0.15) is 35.4 Å². The minimum Gasteiger partial charge on any atom is -0.457 e. The number of carbonyl (C=O) groups is 1. The van der Waals surface area contributed by atoms with Crippen LogP contribution in [-0.2, 0) is 24.1 Å². The van der Waals surface area contributed by atoms with Crippen LogP contribution in [0.5, 0.6) is 11.5 Å². The molecular weight excluding hydrogens is 566 g/mol. The van der Waals surface area contributed by atoms with Gasteiger partial charge in [-0.3, -0.25) is 4.79 Å². The summed E-state index contributed by atoms with van der Waals surface area (Å²) in [5.41, 5.74) is -2.36. The number of hydrogen-bond acceptors (Lipinski definition) is 5. The van der Waals surface area contributed by atoms with Crippen LogP contribution in [0.2, 0.25) is 0 Å². The van der Waals surface area contributed by atoms with Gasteiger partial charge < -0.3 is 14.0 Å². The van der Waals surface area contributed by atoms with Gasteiger partial charge in [0.25, 0.3) is 5.56 Å². The number of para-hydroxylation sites is 1. The van der Waals surface area contributed by atoms with Gasteiger partial charge in [-0.1, -0.05) is 36.4 Å². The highest BCUT2D eigenvalue weighted by atomic mass is 19.4. The minimum absolute atomic E-state index is 0.108. The van der Waals surface area contributed by atoms with Crippen LogP contribution in [0.25, 0.3) is 10.9 Å². The summed E-state index contributed by atoms with van der Waals surface area (Å²) in [5, 5.41) is -0.157. The van der Waals surface area contributed by atoms with Gasteiger partial charge in [-0.15, -0.1) is 0 Å². The second-order valence-corrected chi connectivity index (χ2v) is 9.05. The van der Waals surface area contributed by atoms with Gasteiger partial charge in [0.15, 0.2) is 5.75 Å². The SMILES string of the molecule is O=C(OCc1ccccc1)c1cccc(C(F)(F)F)c1Oc1ccc2c(c1)c(=O)ncn2Cc1c(F)cc(F)cc1F. The molecule has 0 atom stereocenters. The molecule has 5 rings (SSSR count). The molecule has 0 saturated carbocycles. The highest BCUT2D eigenvalue weighted by Gasteiger charge is 2.37. The van der Waals surface area contributed by atoms with E-state index in [0.717, 1.165) is 30.6 Å². The Morgan fingerprint density at radius 1 is 0.881 bits per heavy atom. The third-order valence-electron chi connectivity index (χ3n) is 6.23. The van der Waals surface area contributed by atoms with Crippen molar-refractivity contribution in [1.82, 2.24) is 9.55 Å². The van der Waals surface area contributed by atoms with E-state index in [-0.39, 0.29) is 23.3 Å². The number of esters is 1. The van der Waals surface area contributed by atoms with E-state index in [9.17, 15) is 35.9 Å². The third-order valence-corrected chi connectivity index (χ3v) is 6.23. The maximum absolute atomic E-state index is 14.2. The van der Waals surface area contributed by atoms with Crippen molar-refractivity contribution in [2.75, 3.05) is 0 Å². The second kappa shape index (κ2) is 11.4. The van der Waals surface area contributed by atoms with Gasteiger partial charge in [-0.2, -0.15) is 18.2 Å². The summed E-state index contributed by atoms with van der Waals surface area (Å²) >= 11 is 0. The van der Waals surface area contributed by atoms with Crippen LogP contribution in [0, 0.1) is 17.5 Å². The summed E-state index contributed by atoms with van der Waals surface area (Å²) in [4.78, 5) is 29.1. The van der Waals surface area contributed by atoms with Crippen molar-refractivity contribution in [3.8, 4) is 11.5 Å². The quantitative estimate of drug-likeness (QED) is 0.152. The molecule has 0 amide bonds. The molecule has 0 saturated heterocycles. The van der Waals surface area contributed by atoms with E-state index in [0.29, 0.717) is 17.7 Å². The molecule has 0 spiro atoms. The van der Waals surface area contributed by atoms with Gasteiger partial charge in [0, 0.05) is 17.7 Å². The number of halogens is 6. The van der Waals surface area contributed by atoms with Crippen LogP contribution in [0.15, 0.2) is 90.0 Å². The van der Waals surface area contributed by atoms with Crippen LogP contribution < -0.4 is 10.3 Å². The Kier molecular flexibility index (Phi) is 7.70. The molecule has 5 aromatic rings. The largest absolute Gasteiger partial charge is 0.457 e. The van der Waals surface area contributed by atoms with Crippen molar-refractivity contribution >= 4 is 16.9 Å². The average Bonchev–Trinajstić information content (AvgIpc) is 2.95. The Bertz CT molecular complexity index is 1830. The minimum atomic E-state index is -4.92. The van der Waals surface area contributed by atoms with E-state index in [1.807, 2.05) is 0 Å². The number of carbonyl (C=O) groups excluding carboxylic acids is 1. The molecule has 12 heteroatoms. The third kappa shape index (κ3) is 5.97. The molecule has 0 fully saturated rings. The molecule has 0 aliphatic heterocycles. The van der Waals surface area contributed by atoms with Crippen LogP contribution in [-0.4, -0.2) is 15.5 Å². The first-order chi connectivity index (χ1) is 20.0. The van der Waals surface area contributed by atoms with Crippen molar-refractivity contribution < 1.29 is 40.6 Å². The van der Waals surface area contributed by atoms with Crippen molar-refractivity contribution in [2.45, 2.75) is 19.3 Å². The van der Waals surface area contributed by atoms with Crippen molar-refractivity contribution in [1.29, 1.82) is 0 Å². The lowest BCUT2D eigenvalue weighted by atomic mass is 10.1. The number of benzene rings is 4. The number of ether oxygens (including phenoxy) is 2. The van der Waals surface area contributed by atoms with Crippen LogP contribution >= 0.6 is 0 Å². The summed E-state index contributed by atoms with van der Waals surface area (Å²) in [6.07, 6.45) is -3.90. The molecule has 0 bridgehead atoms. The Hall–Kier alpha value is -5.13. The molecule has 1 heterocycles. The van der Waals surface area contributed by atoms with E-state index < -0.39 is 64.1 Å². The van der Waals surface area contributed by atoms with E-state index in [1.165, 1.54) is 16.7 Å². The standard InChI is InChI=1S/C30H18F6N2O4/c31-18-11-24(32)22(25(33)12-18)14-38-16-37-28(39)21-13-19(9-10-26(21)38)42-27-20(7-4-8-23(27)30(34,35)36)29(40)41-15-17-5-2-1-3-6-17/h1-13,16H,14-15H2. The number of nitrogens with zero attached hydrogens (tertiary/aromatic N) is 2. The molecular formula is C30H18F6N2O4. The summed E-state index contributed by atoms with van der Waals surface area (Å²) in [6.45, 7) is -0.679. The Morgan fingerprint density at radius 3 is 2.29 bits per heavy atom. The fourth-order valence-electron chi connectivity index (χ4n) is 4.22. The van der Waals surface area contributed by atoms with Gasteiger partial charge in [-0.25, -0.2) is 18.0 Å². The van der Waals surface area contributed by atoms with Gasteiger partial charge in [0.05, 0.1) is 29.3 Å². The highest BCUT2D eigenvalue weighted by Crippen LogP contribution is 2.41. The predicted octanol–water partition coefficient (Wildman–Crippen LogP) is 7.03. The van der Waals surface area contributed by atoms with E-state index in [1.54, 1.807) is 30.3 Å².